The molecule has 0 saturated carbocycles. The molecule has 33 heavy (non-hydrogen) atoms. The predicted octanol–water partition coefficient (Wildman–Crippen LogP) is 6.18. The maximum atomic E-state index is 13.8. The summed E-state index contributed by atoms with van der Waals surface area (Å²) in [5.41, 5.74) is 1.62. The van der Waals surface area contributed by atoms with Crippen LogP contribution < -0.4 is 0 Å². The molecule has 0 aliphatic carbocycles. The molecule has 0 spiro atoms. The second-order valence-electron chi connectivity index (χ2n) is 10.7. The van der Waals surface area contributed by atoms with Gasteiger partial charge >= 0.3 is 5.97 Å². The van der Waals surface area contributed by atoms with Crippen LogP contribution in [-0.2, 0) is 11.2 Å². The van der Waals surface area contributed by atoms with E-state index in [1.165, 1.54) is 0 Å². The number of benzene rings is 1. The molecular weight excluding hydrogens is 414 g/mol. The summed E-state index contributed by atoms with van der Waals surface area (Å²) < 4.78 is 1.77. The minimum atomic E-state index is -1.16. The van der Waals surface area contributed by atoms with Crippen LogP contribution in [0.3, 0.4) is 0 Å². The summed E-state index contributed by atoms with van der Waals surface area (Å²) in [7, 11) is 0. The zero-order valence-corrected chi connectivity index (χ0v) is 20.5. The van der Waals surface area contributed by atoms with E-state index in [-0.39, 0.29) is 23.9 Å². The molecule has 0 atom stereocenters. The van der Waals surface area contributed by atoms with Gasteiger partial charge in [-0.1, -0.05) is 65.0 Å². The van der Waals surface area contributed by atoms with Crippen LogP contribution in [0.1, 0.15) is 91.9 Å². The van der Waals surface area contributed by atoms with Crippen LogP contribution >= 0.6 is 0 Å². The number of nitrogens with zero attached hydrogens (tertiary/aromatic N) is 1. The summed E-state index contributed by atoms with van der Waals surface area (Å²) in [6.07, 6.45) is 1.89. The number of carboxylic acids is 1. The number of carboxylic acid groups (broad SMARTS) is 1. The first-order chi connectivity index (χ1) is 15.3. The zero-order chi connectivity index (χ0) is 24.7. The number of hydrogen-bond acceptors (Lipinski definition) is 3. The number of hydrogen-bond donors (Lipinski definition) is 1. The van der Waals surface area contributed by atoms with E-state index in [0.29, 0.717) is 27.9 Å². The highest BCUT2D eigenvalue weighted by Gasteiger charge is 2.37. The van der Waals surface area contributed by atoms with E-state index in [4.69, 9.17) is 0 Å². The highest BCUT2D eigenvalue weighted by molar-refractivity contribution is 6.15. The lowest BCUT2D eigenvalue weighted by Crippen LogP contribution is -2.29. The quantitative estimate of drug-likeness (QED) is 0.439. The summed E-state index contributed by atoms with van der Waals surface area (Å²) in [6.45, 7) is 12.9. The number of pyridine rings is 1. The second-order valence-corrected chi connectivity index (χ2v) is 10.7. The Morgan fingerprint density at radius 1 is 0.970 bits per heavy atom. The summed E-state index contributed by atoms with van der Waals surface area (Å²) in [4.78, 5) is 39.5. The molecule has 0 radical (unpaired) electrons. The fourth-order valence-electron chi connectivity index (χ4n) is 3.97. The SMILES string of the molecule is CC(C)c1ccn2c(C(=O)c3ccccc3)c(CC(C)(C)C(=O)O)c(C(=O)C(C)(C)C)c2c1. The van der Waals surface area contributed by atoms with Crippen molar-refractivity contribution in [3.63, 3.8) is 0 Å². The second kappa shape index (κ2) is 8.62. The average molecular weight is 448 g/mol. The van der Waals surface area contributed by atoms with Gasteiger partial charge in [0.05, 0.1) is 16.6 Å². The monoisotopic (exact) mass is 447 g/mol. The van der Waals surface area contributed by atoms with Crippen LogP contribution in [0.4, 0.5) is 0 Å². The number of aliphatic carboxylic acids is 1. The molecule has 0 aliphatic rings. The van der Waals surface area contributed by atoms with Crippen molar-refractivity contribution in [1.29, 1.82) is 0 Å². The number of fused-ring (bicyclic) bond motifs is 1. The van der Waals surface area contributed by atoms with E-state index < -0.39 is 16.8 Å². The minimum Gasteiger partial charge on any atom is -0.481 e. The Balaban J connectivity index is 2.46. The van der Waals surface area contributed by atoms with Crippen LogP contribution in [0.15, 0.2) is 48.7 Å². The van der Waals surface area contributed by atoms with E-state index in [1.807, 2.05) is 45.2 Å². The fourth-order valence-corrected chi connectivity index (χ4v) is 3.97. The normalized spacial score (nSPS) is 12.4. The Bertz CT molecular complexity index is 1220. The molecule has 2 aromatic heterocycles. The topological polar surface area (TPSA) is 75.8 Å². The Labute approximate surface area is 195 Å². The van der Waals surface area contributed by atoms with E-state index in [2.05, 4.69) is 13.8 Å². The molecule has 1 N–H and O–H groups in total. The van der Waals surface area contributed by atoms with Gasteiger partial charge in [-0.3, -0.25) is 14.4 Å². The highest BCUT2D eigenvalue weighted by atomic mass is 16.4. The zero-order valence-electron chi connectivity index (χ0n) is 20.5. The van der Waals surface area contributed by atoms with Crippen molar-refractivity contribution in [3.8, 4) is 0 Å². The Kier molecular flexibility index (Phi) is 6.38. The van der Waals surface area contributed by atoms with Crippen molar-refractivity contribution in [3.05, 3.63) is 76.6 Å². The number of Topliss-reactive ketones (excluding diaryl/α,β-unsaturated/α-hetero) is 1. The number of carbonyl (C=O) groups is 3. The van der Waals surface area contributed by atoms with Crippen LogP contribution in [0.5, 0.6) is 0 Å². The Morgan fingerprint density at radius 2 is 1.58 bits per heavy atom. The molecule has 5 heteroatoms. The third-order valence-corrected chi connectivity index (χ3v) is 6.09. The van der Waals surface area contributed by atoms with Gasteiger partial charge in [-0.25, -0.2) is 0 Å². The Morgan fingerprint density at radius 3 is 2.09 bits per heavy atom. The number of aromatic nitrogens is 1. The van der Waals surface area contributed by atoms with Crippen LogP contribution in [0, 0.1) is 10.8 Å². The maximum Gasteiger partial charge on any atom is 0.309 e. The van der Waals surface area contributed by atoms with Gasteiger partial charge in [-0.15, -0.1) is 0 Å². The first kappa shape index (κ1) is 24.4. The number of rotatable bonds is 7. The van der Waals surface area contributed by atoms with Gasteiger partial charge in [-0.2, -0.15) is 0 Å². The average Bonchev–Trinajstić information content (AvgIpc) is 3.04. The van der Waals surface area contributed by atoms with Crippen molar-refractivity contribution in [2.75, 3.05) is 0 Å². The van der Waals surface area contributed by atoms with Crippen molar-refractivity contribution in [1.82, 2.24) is 4.40 Å². The van der Waals surface area contributed by atoms with Gasteiger partial charge in [0.1, 0.15) is 0 Å². The molecule has 0 aliphatic heterocycles. The van der Waals surface area contributed by atoms with Crippen LogP contribution in [0.25, 0.3) is 5.52 Å². The van der Waals surface area contributed by atoms with Crippen molar-refractivity contribution < 1.29 is 19.5 Å². The lowest BCUT2D eigenvalue weighted by molar-refractivity contribution is -0.146. The van der Waals surface area contributed by atoms with Gasteiger partial charge in [-0.05, 0) is 49.4 Å². The standard InChI is InChI=1S/C28H33NO4/c1-17(2)19-13-14-29-21(15-19)22(25(31)27(3,4)5)20(16-28(6,7)26(32)33)23(29)24(30)18-11-9-8-10-12-18/h8-15,17H,16H2,1-7H3,(H,32,33). The minimum absolute atomic E-state index is 0.0616. The third-order valence-electron chi connectivity index (χ3n) is 6.09. The van der Waals surface area contributed by atoms with Crippen molar-refractivity contribution in [2.24, 2.45) is 10.8 Å². The van der Waals surface area contributed by atoms with E-state index in [0.717, 1.165) is 5.56 Å². The molecule has 0 amide bonds. The van der Waals surface area contributed by atoms with E-state index in [9.17, 15) is 19.5 Å². The molecular formula is C28H33NO4. The molecule has 3 aromatic rings. The lowest BCUT2D eigenvalue weighted by atomic mass is 9.79. The molecule has 0 saturated heterocycles. The van der Waals surface area contributed by atoms with Gasteiger partial charge in [0.15, 0.2) is 5.78 Å². The first-order valence-corrected chi connectivity index (χ1v) is 11.3. The third kappa shape index (κ3) is 4.63. The maximum absolute atomic E-state index is 13.8. The van der Waals surface area contributed by atoms with Crippen LogP contribution in [-0.4, -0.2) is 27.0 Å². The van der Waals surface area contributed by atoms with Gasteiger partial charge in [0.2, 0.25) is 5.78 Å². The largest absolute Gasteiger partial charge is 0.481 e. The lowest BCUT2D eigenvalue weighted by Gasteiger charge is -2.22. The van der Waals surface area contributed by atoms with E-state index in [1.54, 1.807) is 42.5 Å². The Hall–Kier alpha value is -3.21. The molecule has 0 unspecified atom stereocenters. The molecule has 2 heterocycles. The molecule has 3 rings (SSSR count). The molecule has 1 aromatic carbocycles. The molecule has 174 valence electrons. The predicted molar refractivity (Wildman–Crippen MR) is 130 cm³/mol. The van der Waals surface area contributed by atoms with Crippen molar-refractivity contribution in [2.45, 2.75) is 60.8 Å². The van der Waals surface area contributed by atoms with Gasteiger partial charge in [0, 0.05) is 22.7 Å². The van der Waals surface area contributed by atoms with Crippen LogP contribution in [0.2, 0.25) is 0 Å². The molecule has 0 fully saturated rings. The molecule has 5 nitrogen and oxygen atoms in total. The summed E-state index contributed by atoms with van der Waals surface area (Å²) in [5.74, 6) is -1.08. The fraction of sp³-hybridized carbons (Fsp3) is 0.393. The highest BCUT2D eigenvalue weighted by Crippen LogP contribution is 2.37. The summed E-state index contributed by atoms with van der Waals surface area (Å²) >= 11 is 0. The summed E-state index contributed by atoms with van der Waals surface area (Å²) in [5, 5.41) is 9.85. The molecule has 0 bridgehead atoms. The summed E-state index contributed by atoms with van der Waals surface area (Å²) in [6, 6.07) is 12.8. The number of ketones is 2. The van der Waals surface area contributed by atoms with Gasteiger partial charge < -0.3 is 9.51 Å². The smallest absolute Gasteiger partial charge is 0.309 e. The van der Waals surface area contributed by atoms with Crippen molar-refractivity contribution >= 4 is 23.1 Å². The van der Waals surface area contributed by atoms with E-state index >= 15 is 0 Å². The van der Waals surface area contributed by atoms with Gasteiger partial charge in [0.25, 0.3) is 0 Å². The number of carbonyl (C=O) groups excluding carboxylic acids is 2. The first-order valence-electron chi connectivity index (χ1n) is 11.3.